The van der Waals surface area contributed by atoms with E-state index in [9.17, 15) is 9.59 Å². The molecule has 1 amide bonds. The molecule has 0 unspecified atom stereocenters. The molecule has 1 aromatic rings. The van der Waals surface area contributed by atoms with Crippen LogP contribution in [0.3, 0.4) is 0 Å². The average molecular weight is 344 g/mol. The van der Waals surface area contributed by atoms with Crippen molar-refractivity contribution in [3.05, 3.63) is 28.7 Å². The number of hydrogen-bond acceptors (Lipinski definition) is 3. The summed E-state index contributed by atoms with van der Waals surface area (Å²) in [5.41, 5.74) is -0.973. The van der Waals surface area contributed by atoms with Gasteiger partial charge in [0.1, 0.15) is 5.54 Å². The van der Waals surface area contributed by atoms with Gasteiger partial charge < -0.3 is 10.4 Å². The highest BCUT2D eigenvalue weighted by Gasteiger charge is 2.51. The molecule has 0 aliphatic heterocycles. The second kappa shape index (κ2) is 5.96. The first-order valence-corrected chi connectivity index (χ1v) is 7.72. The Hall–Kier alpha value is -1.01. The lowest BCUT2D eigenvalue weighted by Crippen LogP contribution is -2.43. The lowest BCUT2D eigenvalue weighted by Gasteiger charge is -2.12. The average Bonchev–Trinajstić information content (AvgIpc) is 3.13. The minimum absolute atomic E-state index is 0.190. The number of aliphatic carboxylic acids is 1. The summed E-state index contributed by atoms with van der Waals surface area (Å²) in [4.78, 5) is 23.7. The van der Waals surface area contributed by atoms with Crippen molar-refractivity contribution in [2.24, 2.45) is 0 Å². The van der Waals surface area contributed by atoms with Gasteiger partial charge in [-0.2, -0.15) is 0 Å². The van der Waals surface area contributed by atoms with Gasteiger partial charge in [-0.15, -0.1) is 11.8 Å². The molecule has 0 aromatic heterocycles. The molecule has 4 nitrogen and oxygen atoms in total. The summed E-state index contributed by atoms with van der Waals surface area (Å²) in [5, 5.41) is 11.6. The van der Waals surface area contributed by atoms with Gasteiger partial charge in [-0.1, -0.05) is 15.9 Å². The topological polar surface area (TPSA) is 66.4 Å². The molecule has 1 aromatic carbocycles. The number of hydrogen-bond donors (Lipinski definition) is 2. The Morgan fingerprint density at radius 1 is 1.32 bits per heavy atom. The monoisotopic (exact) mass is 343 g/mol. The zero-order chi connectivity index (χ0) is 13.9. The Kier molecular flexibility index (Phi) is 4.52. The largest absolute Gasteiger partial charge is 0.480 e. The molecule has 19 heavy (non-hydrogen) atoms. The van der Waals surface area contributed by atoms with Gasteiger partial charge in [0.2, 0.25) is 5.91 Å². The number of carbonyl (C=O) groups is 2. The molecule has 0 heterocycles. The van der Waals surface area contributed by atoms with Gasteiger partial charge in [0.15, 0.2) is 0 Å². The van der Waals surface area contributed by atoms with Crippen LogP contribution in [0.4, 0.5) is 0 Å². The highest BCUT2D eigenvalue weighted by molar-refractivity contribution is 9.10. The first-order chi connectivity index (χ1) is 9.02. The highest BCUT2D eigenvalue weighted by Crippen LogP contribution is 2.35. The molecule has 0 saturated heterocycles. The van der Waals surface area contributed by atoms with Gasteiger partial charge in [0.05, 0.1) is 0 Å². The summed E-state index contributed by atoms with van der Waals surface area (Å²) in [6.45, 7) is 0. The fourth-order valence-electron chi connectivity index (χ4n) is 1.64. The molecule has 1 saturated carbocycles. The number of carboxylic acids is 1. The van der Waals surface area contributed by atoms with Gasteiger partial charge >= 0.3 is 5.97 Å². The molecule has 6 heteroatoms. The number of benzene rings is 1. The predicted octanol–water partition coefficient (Wildman–Crippen LogP) is 2.66. The van der Waals surface area contributed by atoms with Crippen LogP contribution in [0.25, 0.3) is 0 Å². The van der Waals surface area contributed by atoms with E-state index < -0.39 is 11.5 Å². The van der Waals surface area contributed by atoms with E-state index in [1.54, 1.807) is 11.8 Å². The number of thioether (sulfide) groups is 1. The maximum Gasteiger partial charge on any atom is 0.329 e. The molecule has 0 radical (unpaired) electrons. The van der Waals surface area contributed by atoms with E-state index in [1.165, 1.54) is 0 Å². The third kappa shape index (κ3) is 3.98. The van der Waals surface area contributed by atoms with Gasteiger partial charge in [-0.3, -0.25) is 4.79 Å². The lowest BCUT2D eigenvalue weighted by atomic mass is 10.2. The Morgan fingerprint density at radius 3 is 2.47 bits per heavy atom. The molecule has 0 atom stereocenters. The minimum atomic E-state index is -0.973. The van der Waals surface area contributed by atoms with Crippen LogP contribution in [0.5, 0.6) is 0 Å². The Balaban J connectivity index is 1.72. The molecule has 0 bridgehead atoms. The molecule has 1 fully saturated rings. The van der Waals surface area contributed by atoms with Gasteiger partial charge in [0, 0.05) is 21.5 Å². The lowest BCUT2D eigenvalue weighted by molar-refractivity contribution is -0.143. The zero-order valence-corrected chi connectivity index (χ0v) is 12.6. The quantitative estimate of drug-likeness (QED) is 0.779. The maximum absolute atomic E-state index is 11.7. The van der Waals surface area contributed by atoms with Gasteiger partial charge in [-0.05, 0) is 37.1 Å². The smallest absolute Gasteiger partial charge is 0.329 e. The van der Waals surface area contributed by atoms with Gasteiger partial charge in [0.25, 0.3) is 0 Å². The van der Waals surface area contributed by atoms with Crippen molar-refractivity contribution >= 4 is 39.6 Å². The Bertz CT molecular complexity index is 485. The molecule has 1 aliphatic rings. The van der Waals surface area contributed by atoms with Crippen LogP contribution in [-0.2, 0) is 9.59 Å². The summed E-state index contributed by atoms with van der Waals surface area (Å²) >= 11 is 4.94. The van der Waals surface area contributed by atoms with E-state index in [0.717, 1.165) is 9.37 Å². The third-order valence-electron chi connectivity index (χ3n) is 2.95. The van der Waals surface area contributed by atoms with Crippen molar-refractivity contribution in [3.8, 4) is 0 Å². The van der Waals surface area contributed by atoms with E-state index in [0.29, 0.717) is 25.0 Å². The maximum atomic E-state index is 11.7. The predicted molar refractivity (Wildman–Crippen MR) is 77.2 cm³/mol. The first-order valence-electron chi connectivity index (χ1n) is 5.95. The minimum Gasteiger partial charge on any atom is -0.480 e. The number of halogens is 1. The summed E-state index contributed by atoms with van der Waals surface area (Å²) in [7, 11) is 0. The zero-order valence-electron chi connectivity index (χ0n) is 10.2. The third-order valence-corrected chi connectivity index (χ3v) is 4.49. The normalized spacial score (nSPS) is 15.8. The molecular weight excluding hydrogens is 330 g/mol. The van der Waals surface area contributed by atoms with Crippen molar-refractivity contribution in [2.45, 2.75) is 29.7 Å². The summed E-state index contributed by atoms with van der Waals surface area (Å²) in [6, 6.07) is 7.86. The number of amides is 1. The fraction of sp³-hybridized carbons (Fsp3) is 0.385. The van der Waals surface area contributed by atoms with E-state index in [2.05, 4.69) is 21.2 Å². The Morgan fingerprint density at radius 2 is 1.95 bits per heavy atom. The molecule has 1 aliphatic carbocycles. The highest BCUT2D eigenvalue weighted by atomic mass is 79.9. The van der Waals surface area contributed by atoms with Crippen molar-refractivity contribution in [3.63, 3.8) is 0 Å². The number of rotatable bonds is 6. The SMILES string of the molecule is O=C(CCSc1ccc(Br)cc1)NC1(C(=O)O)CC1. The van der Waals surface area contributed by atoms with E-state index in [1.807, 2.05) is 24.3 Å². The molecule has 2 rings (SSSR count). The second-order valence-electron chi connectivity index (χ2n) is 4.49. The van der Waals surface area contributed by atoms with Crippen LogP contribution in [0, 0.1) is 0 Å². The number of carbonyl (C=O) groups excluding carboxylic acids is 1. The van der Waals surface area contributed by atoms with Crippen molar-refractivity contribution in [2.75, 3.05) is 5.75 Å². The Labute approximate surface area is 124 Å². The number of nitrogens with one attached hydrogen (secondary N) is 1. The summed E-state index contributed by atoms with van der Waals surface area (Å²) in [6.07, 6.45) is 1.40. The van der Waals surface area contributed by atoms with Crippen LogP contribution in [0.15, 0.2) is 33.6 Å². The molecule has 102 valence electrons. The standard InChI is InChI=1S/C13H14BrNO3S/c14-9-1-3-10(4-2-9)19-8-5-11(16)15-13(6-7-13)12(17)18/h1-4H,5-8H2,(H,15,16)(H,17,18). The molecular formula is C13H14BrNO3S. The summed E-state index contributed by atoms with van der Waals surface area (Å²) in [5.74, 6) is -0.477. The fourth-order valence-corrected chi connectivity index (χ4v) is 2.76. The molecule has 0 spiro atoms. The van der Waals surface area contributed by atoms with Crippen molar-refractivity contribution in [1.29, 1.82) is 0 Å². The van der Waals surface area contributed by atoms with Crippen LogP contribution in [0.1, 0.15) is 19.3 Å². The van der Waals surface area contributed by atoms with Crippen molar-refractivity contribution < 1.29 is 14.7 Å². The van der Waals surface area contributed by atoms with Crippen LogP contribution < -0.4 is 5.32 Å². The van der Waals surface area contributed by atoms with Crippen LogP contribution in [-0.4, -0.2) is 28.3 Å². The molecule has 2 N–H and O–H groups in total. The van der Waals surface area contributed by atoms with Crippen molar-refractivity contribution in [1.82, 2.24) is 5.32 Å². The van der Waals surface area contributed by atoms with E-state index in [4.69, 9.17) is 5.11 Å². The van der Waals surface area contributed by atoms with E-state index >= 15 is 0 Å². The summed E-state index contributed by atoms with van der Waals surface area (Å²) < 4.78 is 1.02. The van der Waals surface area contributed by atoms with Crippen LogP contribution in [0.2, 0.25) is 0 Å². The van der Waals surface area contributed by atoms with Crippen LogP contribution >= 0.6 is 27.7 Å². The number of carboxylic acid groups (broad SMARTS) is 1. The van der Waals surface area contributed by atoms with E-state index in [-0.39, 0.29) is 5.91 Å². The van der Waals surface area contributed by atoms with Gasteiger partial charge in [-0.25, -0.2) is 4.79 Å². The second-order valence-corrected chi connectivity index (χ2v) is 6.57. The first kappa shape index (κ1) is 14.4.